The van der Waals surface area contributed by atoms with E-state index in [2.05, 4.69) is 5.16 Å². The van der Waals surface area contributed by atoms with Crippen molar-refractivity contribution < 1.29 is 18.4 Å². The molecule has 1 aromatic carbocycles. The maximum absolute atomic E-state index is 11.7. The summed E-state index contributed by atoms with van der Waals surface area (Å²) in [5.41, 5.74) is 1.19. The molecule has 1 aromatic rings. The second kappa shape index (κ2) is 7.28. The Bertz CT molecular complexity index is 564. The van der Waals surface area contributed by atoms with E-state index in [1.165, 1.54) is 0 Å². The summed E-state index contributed by atoms with van der Waals surface area (Å²) < 4.78 is 29.0. The van der Waals surface area contributed by atoms with Gasteiger partial charge in [-0.2, -0.15) is 0 Å². The largest absolute Gasteiger partial charge is 0.492 e. The lowest BCUT2D eigenvalue weighted by molar-refractivity contribution is 0.316. The average molecular weight is 299 g/mol. The van der Waals surface area contributed by atoms with Gasteiger partial charge in [0.2, 0.25) is 0 Å². The Morgan fingerprint density at radius 2 is 2.00 bits per heavy atom. The predicted octanol–water partition coefficient (Wildman–Crippen LogP) is 2.48. The van der Waals surface area contributed by atoms with Crippen LogP contribution >= 0.6 is 0 Å². The molecule has 20 heavy (non-hydrogen) atoms. The highest BCUT2D eigenvalue weighted by Crippen LogP contribution is 2.20. The molecular formula is C14H21NO4S. The molecule has 5 nitrogen and oxygen atoms in total. The van der Waals surface area contributed by atoms with Gasteiger partial charge in [-0.3, -0.25) is 0 Å². The molecule has 1 rings (SSSR count). The third-order valence-electron chi connectivity index (χ3n) is 3.00. The van der Waals surface area contributed by atoms with Gasteiger partial charge >= 0.3 is 0 Å². The zero-order valence-electron chi connectivity index (χ0n) is 12.0. The molecule has 0 radical (unpaired) electrons. The fourth-order valence-electron chi connectivity index (χ4n) is 1.65. The second-order valence-corrected chi connectivity index (χ2v) is 7.34. The summed E-state index contributed by atoms with van der Waals surface area (Å²) in [6.45, 7) is 5.25. The highest BCUT2D eigenvalue weighted by molar-refractivity contribution is 7.91. The Hall–Kier alpha value is -1.56. The third-order valence-corrected chi connectivity index (χ3v) is 5.17. The lowest BCUT2D eigenvalue weighted by atomic mass is 10.1. The zero-order valence-corrected chi connectivity index (χ0v) is 12.9. The van der Waals surface area contributed by atoms with Gasteiger partial charge in [0, 0.05) is 5.56 Å². The first kappa shape index (κ1) is 16.5. The van der Waals surface area contributed by atoms with E-state index in [1.807, 2.05) is 13.0 Å². The lowest BCUT2D eigenvalue weighted by Crippen LogP contribution is -2.22. The number of para-hydroxylation sites is 1. The molecule has 112 valence electrons. The van der Waals surface area contributed by atoms with Gasteiger partial charge in [0.1, 0.15) is 12.4 Å². The van der Waals surface area contributed by atoms with Crippen LogP contribution < -0.4 is 4.74 Å². The first-order valence-corrected chi connectivity index (χ1v) is 8.28. The maximum atomic E-state index is 11.7. The van der Waals surface area contributed by atoms with Crippen LogP contribution in [0.1, 0.15) is 32.8 Å². The van der Waals surface area contributed by atoms with Gasteiger partial charge in [0.05, 0.1) is 16.7 Å². The smallest absolute Gasteiger partial charge is 0.155 e. The number of oxime groups is 1. The minimum absolute atomic E-state index is 0.0310. The van der Waals surface area contributed by atoms with Crippen molar-refractivity contribution >= 4 is 15.5 Å². The van der Waals surface area contributed by atoms with Crippen LogP contribution in [0.5, 0.6) is 5.75 Å². The molecule has 0 heterocycles. The van der Waals surface area contributed by atoms with E-state index in [0.717, 1.165) is 0 Å². The fraction of sp³-hybridized carbons (Fsp3) is 0.500. The fourth-order valence-corrected chi connectivity index (χ4v) is 2.44. The predicted molar refractivity (Wildman–Crippen MR) is 79.5 cm³/mol. The van der Waals surface area contributed by atoms with Crippen LogP contribution in [0.3, 0.4) is 0 Å². The van der Waals surface area contributed by atoms with Crippen molar-refractivity contribution in [3.05, 3.63) is 29.8 Å². The van der Waals surface area contributed by atoms with Crippen molar-refractivity contribution in [1.29, 1.82) is 0 Å². The van der Waals surface area contributed by atoms with Gasteiger partial charge in [-0.15, -0.1) is 0 Å². The molecular weight excluding hydrogens is 278 g/mol. The van der Waals surface area contributed by atoms with Gasteiger partial charge in [0.15, 0.2) is 9.84 Å². The van der Waals surface area contributed by atoms with Crippen LogP contribution in [0, 0.1) is 0 Å². The minimum Gasteiger partial charge on any atom is -0.492 e. The number of nitrogens with zero attached hydrogens (tertiary/aromatic N) is 1. The van der Waals surface area contributed by atoms with Crippen molar-refractivity contribution in [2.75, 3.05) is 12.4 Å². The molecule has 0 aliphatic rings. The monoisotopic (exact) mass is 299 g/mol. The maximum Gasteiger partial charge on any atom is 0.155 e. The van der Waals surface area contributed by atoms with E-state index >= 15 is 0 Å². The van der Waals surface area contributed by atoms with Crippen LogP contribution in [0.2, 0.25) is 0 Å². The number of benzene rings is 1. The Morgan fingerprint density at radius 1 is 1.35 bits per heavy atom. The normalized spacial score (nSPS) is 12.7. The van der Waals surface area contributed by atoms with Crippen LogP contribution in [0.15, 0.2) is 29.4 Å². The van der Waals surface area contributed by atoms with Crippen LogP contribution in [0.25, 0.3) is 0 Å². The Labute approximate surface area is 120 Å². The summed E-state index contributed by atoms with van der Waals surface area (Å²) in [5, 5.41) is 11.8. The van der Waals surface area contributed by atoms with Gasteiger partial charge in [0.25, 0.3) is 0 Å². The van der Waals surface area contributed by atoms with E-state index < -0.39 is 15.1 Å². The SMILES string of the molecule is CC/C(=N/O)c1ccccc1OCCS(=O)(=O)C(C)C. The topological polar surface area (TPSA) is 76.0 Å². The standard InChI is InChI=1S/C14H21NO4S/c1-4-13(15-16)12-7-5-6-8-14(12)19-9-10-20(17,18)11(2)3/h5-8,11,16H,4,9-10H2,1-3H3/b15-13-. The van der Waals surface area contributed by atoms with E-state index in [9.17, 15) is 8.42 Å². The van der Waals surface area contributed by atoms with Crippen molar-refractivity contribution in [3.63, 3.8) is 0 Å². The van der Waals surface area contributed by atoms with Gasteiger partial charge < -0.3 is 9.94 Å². The number of hydrogen-bond acceptors (Lipinski definition) is 5. The number of rotatable bonds is 7. The zero-order chi connectivity index (χ0) is 15.2. The summed E-state index contributed by atoms with van der Waals surface area (Å²) in [6.07, 6.45) is 0.557. The summed E-state index contributed by atoms with van der Waals surface area (Å²) in [6, 6.07) is 7.12. The van der Waals surface area contributed by atoms with Gasteiger partial charge in [-0.05, 0) is 32.4 Å². The molecule has 1 N–H and O–H groups in total. The molecule has 0 unspecified atom stereocenters. The Morgan fingerprint density at radius 3 is 2.55 bits per heavy atom. The van der Waals surface area contributed by atoms with Crippen LogP contribution in [0.4, 0.5) is 0 Å². The number of sulfone groups is 1. The van der Waals surface area contributed by atoms with Gasteiger partial charge in [-0.1, -0.05) is 24.2 Å². The summed E-state index contributed by atoms with van der Waals surface area (Å²) in [4.78, 5) is 0. The first-order valence-electron chi connectivity index (χ1n) is 6.57. The minimum atomic E-state index is -3.12. The van der Waals surface area contributed by atoms with E-state index in [0.29, 0.717) is 23.4 Å². The number of hydrogen-bond donors (Lipinski definition) is 1. The molecule has 0 fully saturated rings. The highest BCUT2D eigenvalue weighted by atomic mass is 32.2. The van der Waals surface area contributed by atoms with Crippen LogP contribution in [-0.4, -0.2) is 36.9 Å². The quantitative estimate of drug-likeness (QED) is 0.477. The van der Waals surface area contributed by atoms with Crippen LogP contribution in [-0.2, 0) is 9.84 Å². The van der Waals surface area contributed by atoms with Crippen molar-refractivity contribution in [3.8, 4) is 5.75 Å². The molecule has 0 saturated carbocycles. The Kier molecular flexibility index (Phi) is 6.01. The van der Waals surface area contributed by atoms with Crippen molar-refractivity contribution in [2.45, 2.75) is 32.4 Å². The summed E-state index contributed by atoms with van der Waals surface area (Å²) in [7, 11) is -3.12. The van der Waals surface area contributed by atoms with Crippen molar-refractivity contribution in [2.24, 2.45) is 5.16 Å². The van der Waals surface area contributed by atoms with Gasteiger partial charge in [-0.25, -0.2) is 8.42 Å². The van der Waals surface area contributed by atoms with E-state index in [4.69, 9.17) is 9.94 Å². The second-order valence-electron chi connectivity index (χ2n) is 4.66. The average Bonchev–Trinajstić information content (AvgIpc) is 2.41. The lowest BCUT2D eigenvalue weighted by Gasteiger charge is -2.12. The third kappa shape index (κ3) is 4.23. The molecule has 0 spiro atoms. The molecule has 0 aliphatic heterocycles. The van der Waals surface area contributed by atoms with E-state index in [1.54, 1.807) is 32.0 Å². The number of ether oxygens (including phenoxy) is 1. The van der Waals surface area contributed by atoms with Crippen molar-refractivity contribution in [1.82, 2.24) is 0 Å². The molecule has 6 heteroatoms. The first-order chi connectivity index (χ1) is 9.42. The molecule has 0 amide bonds. The molecule has 0 bridgehead atoms. The summed E-state index contributed by atoms with van der Waals surface area (Å²) in [5.74, 6) is 0.498. The highest BCUT2D eigenvalue weighted by Gasteiger charge is 2.16. The molecule has 0 saturated heterocycles. The molecule has 0 atom stereocenters. The molecule has 0 aliphatic carbocycles. The molecule has 0 aromatic heterocycles. The van der Waals surface area contributed by atoms with E-state index in [-0.39, 0.29) is 12.4 Å². The summed E-state index contributed by atoms with van der Waals surface area (Å²) >= 11 is 0. The Balaban J connectivity index is 2.80.